The Labute approximate surface area is 125 Å². The molecule has 0 aliphatic rings. The lowest BCUT2D eigenvalue weighted by molar-refractivity contribution is 0.393. The Kier molecular flexibility index (Phi) is 4.89. The van der Waals surface area contributed by atoms with Crippen molar-refractivity contribution in [2.45, 2.75) is 50.4 Å². The van der Waals surface area contributed by atoms with Gasteiger partial charge in [0.05, 0.1) is 5.69 Å². The molecule has 0 aliphatic heterocycles. The summed E-state index contributed by atoms with van der Waals surface area (Å²) in [7, 11) is 0. The minimum atomic E-state index is 0.151. The van der Waals surface area contributed by atoms with Crippen molar-refractivity contribution in [2.24, 2.45) is 0 Å². The Balaban J connectivity index is 1.85. The first kappa shape index (κ1) is 15.1. The maximum absolute atomic E-state index is 5.06. The van der Waals surface area contributed by atoms with Crippen molar-refractivity contribution in [3.8, 4) is 0 Å². The fourth-order valence-corrected chi connectivity index (χ4v) is 2.49. The zero-order valence-electron chi connectivity index (χ0n) is 12.6. The predicted octanol–water partition coefficient (Wildman–Crippen LogP) is 4.16. The highest BCUT2D eigenvalue weighted by Gasteiger charge is 2.08. The van der Waals surface area contributed by atoms with Gasteiger partial charge in [-0.25, -0.2) is 0 Å². The second kappa shape index (κ2) is 6.46. The van der Waals surface area contributed by atoms with Gasteiger partial charge in [-0.05, 0) is 45.4 Å². The Hall–Kier alpha value is -1.26. The summed E-state index contributed by atoms with van der Waals surface area (Å²) in [6.07, 6.45) is 0. The van der Waals surface area contributed by atoms with E-state index in [9.17, 15) is 0 Å². The lowest BCUT2D eigenvalue weighted by Crippen LogP contribution is -2.35. The summed E-state index contributed by atoms with van der Waals surface area (Å²) in [5.41, 5.74) is 2.45. The third-order valence-electron chi connectivity index (χ3n) is 2.81. The summed E-state index contributed by atoms with van der Waals surface area (Å²) in [4.78, 5) is 1.25. The zero-order chi connectivity index (χ0) is 14.6. The third-order valence-corrected chi connectivity index (χ3v) is 3.86. The molecule has 1 aromatic heterocycles. The van der Waals surface area contributed by atoms with Crippen LogP contribution in [0.5, 0.6) is 0 Å². The average molecular weight is 290 g/mol. The van der Waals surface area contributed by atoms with Gasteiger partial charge in [-0.3, -0.25) is 0 Å². The first-order valence-corrected chi connectivity index (χ1v) is 7.80. The number of aryl methyl sites for hydroxylation is 1. The molecule has 2 aromatic rings. The van der Waals surface area contributed by atoms with Crippen LogP contribution in [-0.2, 0) is 12.3 Å². The van der Waals surface area contributed by atoms with Crippen LogP contribution in [0, 0.1) is 6.92 Å². The van der Waals surface area contributed by atoms with E-state index in [-0.39, 0.29) is 5.54 Å². The molecular weight excluding hydrogens is 268 g/mol. The molecule has 108 valence electrons. The van der Waals surface area contributed by atoms with Gasteiger partial charge in [-0.2, -0.15) is 0 Å². The standard InChI is InChI=1S/C16H22N2OS/c1-12-9-14(18-19-12)11-20-15-7-5-13(6-8-15)10-17-16(2,3)4/h5-9,17H,10-11H2,1-4H3. The molecule has 4 heteroatoms. The number of benzene rings is 1. The van der Waals surface area contributed by atoms with Crippen LogP contribution >= 0.6 is 11.8 Å². The monoisotopic (exact) mass is 290 g/mol. The minimum Gasteiger partial charge on any atom is -0.361 e. The van der Waals surface area contributed by atoms with E-state index in [0.29, 0.717) is 0 Å². The maximum atomic E-state index is 5.06. The Morgan fingerprint density at radius 3 is 2.45 bits per heavy atom. The number of hydrogen-bond acceptors (Lipinski definition) is 4. The molecule has 0 atom stereocenters. The first-order valence-electron chi connectivity index (χ1n) is 6.81. The summed E-state index contributed by atoms with van der Waals surface area (Å²) in [6, 6.07) is 10.7. The Morgan fingerprint density at radius 1 is 1.20 bits per heavy atom. The van der Waals surface area contributed by atoms with Gasteiger partial charge in [0, 0.05) is 28.8 Å². The van der Waals surface area contributed by atoms with Crippen LogP contribution in [0.3, 0.4) is 0 Å². The third kappa shape index (κ3) is 5.02. The van der Waals surface area contributed by atoms with E-state index in [1.807, 2.05) is 13.0 Å². The molecule has 0 unspecified atom stereocenters. The van der Waals surface area contributed by atoms with Crippen LogP contribution < -0.4 is 5.32 Å². The van der Waals surface area contributed by atoms with E-state index in [4.69, 9.17) is 4.52 Å². The second-order valence-electron chi connectivity index (χ2n) is 5.97. The molecular formula is C16H22N2OS. The minimum absolute atomic E-state index is 0.151. The van der Waals surface area contributed by atoms with Gasteiger partial charge in [-0.1, -0.05) is 17.3 Å². The van der Waals surface area contributed by atoms with Crippen molar-refractivity contribution in [3.63, 3.8) is 0 Å². The van der Waals surface area contributed by atoms with Crippen LogP contribution in [0.1, 0.15) is 37.8 Å². The second-order valence-corrected chi connectivity index (χ2v) is 7.01. The fraction of sp³-hybridized carbons (Fsp3) is 0.438. The van der Waals surface area contributed by atoms with Crippen LogP contribution in [-0.4, -0.2) is 10.7 Å². The Morgan fingerprint density at radius 2 is 1.90 bits per heavy atom. The van der Waals surface area contributed by atoms with E-state index in [0.717, 1.165) is 23.8 Å². The lowest BCUT2D eigenvalue weighted by atomic mass is 10.1. The largest absolute Gasteiger partial charge is 0.361 e. The first-order chi connectivity index (χ1) is 9.42. The van der Waals surface area contributed by atoms with E-state index in [2.05, 4.69) is 55.5 Å². The lowest BCUT2D eigenvalue weighted by Gasteiger charge is -2.20. The topological polar surface area (TPSA) is 38.1 Å². The quantitative estimate of drug-likeness (QED) is 0.839. The molecule has 0 aliphatic carbocycles. The number of thioether (sulfide) groups is 1. The van der Waals surface area contributed by atoms with Crippen molar-refractivity contribution >= 4 is 11.8 Å². The summed E-state index contributed by atoms with van der Waals surface area (Å²) in [6.45, 7) is 9.35. The summed E-state index contributed by atoms with van der Waals surface area (Å²) >= 11 is 1.78. The molecule has 3 nitrogen and oxygen atoms in total. The van der Waals surface area contributed by atoms with E-state index >= 15 is 0 Å². The average Bonchev–Trinajstić information content (AvgIpc) is 2.80. The van der Waals surface area contributed by atoms with Crippen LogP contribution in [0.4, 0.5) is 0 Å². The van der Waals surface area contributed by atoms with Crippen molar-refractivity contribution < 1.29 is 4.52 Å². The van der Waals surface area contributed by atoms with Crippen LogP contribution in [0.25, 0.3) is 0 Å². The van der Waals surface area contributed by atoms with E-state index in [1.54, 1.807) is 11.8 Å². The number of nitrogens with one attached hydrogen (secondary N) is 1. The van der Waals surface area contributed by atoms with Gasteiger partial charge in [0.15, 0.2) is 0 Å². The number of hydrogen-bond donors (Lipinski definition) is 1. The van der Waals surface area contributed by atoms with Gasteiger partial charge in [0.25, 0.3) is 0 Å². The molecule has 0 bridgehead atoms. The van der Waals surface area contributed by atoms with Crippen molar-refractivity contribution in [1.29, 1.82) is 0 Å². The zero-order valence-corrected chi connectivity index (χ0v) is 13.4. The van der Waals surface area contributed by atoms with Gasteiger partial charge in [-0.15, -0.1) is 11.8 Å². The molecule has 0 saturated heterocycles. The molecule has 0 radical (unpaired) electrons. The summed E-state index contributed by atoms with van der Waals surface area (Å²) in [5, 5.41) is 7.49. The van der Waals surface area contributed by atoms with Crippen LogP contribution in [0.2, 0.25) is 0 Å². The maximum Gasteiger partial charge on any atom is 0.133 e. The van der Waals surface area contributed by atoms with Gasteiger partial charge in [0.2, 0.25) is 0 Å². The highest BCUT2D eigenvalue weighted by atomic mass is 32.2. The summed E-state index contributed by atoms with van der Waals surface area (Å²) in [5.74, 6) is 1.71. The van der Waals surface area contributed by atoms with Gasteiger partial charge < -0.3 is 9.84 Å². The SMILES string of the molecule is Cc1cc(CSc2ccc(CNC(C)(C)C)cc2)no1. The molecule has 20 heavy (non-hydrogen) atoms. The number of aromatic nitrogens is 1. The highest BCUT2D eigenvalue weighted by molar-refractivity contribution is 7.98. The molecule has 2 rings (SSSR count). The Bertz CT molecular complexity index is 540. The predicted molar refractivity (Wildman–Crippen MR) is 83.8 cm³/mol. The van der Waals surface area contributed by atoms with Gasteiger partial charge >= 0.3 is 0 Å². The molecule has 0 amide bonds. The molecule has 1 aromatic carbocycles. The molecule has 1 heterocycles. The smallest absolute Gasteiger partial charge is 0.133 e. The molecule has 0 fully saturated rings. The summed E-state index contributed by atoms with van der Waals surface area (Å²) < 4.78 is 5.06. The normalized spacial score (nSPS) is 11.8. The van der Waals surface area contributed by atoms with E-state index < -0.39 is 0 Å². The highest BCUT2D eigenvalue weighted by Crippen LogP contribution is 2.23. The number of rotatable bonds is 5. The van der Waals surface area contributed by atoms with Crippen molar-refractivity contribution in [2.75, 3.05) is 0 Å². The van der Waals surface area contributed by atoms with Crippen LogP contribution in [0.15, 0.2) is 39.8 Å². The molecule has 1 N–H and O–H groups in total. The fourth-order valence-electron chi connectivity index (χ4n) is 1.71. The van der Waals surface area contributed by atoms with Crippen molar-refractivity contribution in [3.05, 3.63) is 47.3 Å². The van der Waals surface area contributed by atoms with E-state index in [1.165, 1.54) is 10.5 Å². The molecule has 0 saturated carbocycles. The molecule has 0 spiro atoms. The van der Waals surface area contributed by atoms with Crippen molar-refractivity contribution in [1.82, 2.24) is 10.5 Å². The number of nitrogens with zero attached hydrogens (tertiary/aromatic N) is 1. The van der Waals surface area contributed by atoms with Gasteiger partial charge in [0.1, 0.15) is 5.76 Å².